The SMILES string of the molecule is C[C@H](N)C(=O)NC1COCC1O. The molecule has 3 atom stereocenters. The molecule has 1 rings (SSSR count). The van der Waals surface area contributed by atoms with Gasteiger partial charge in [-0.25, -0.2) is 0 Å². The summed E-state index contributed by atoms with van der Waals surface area (Å²) in [6, 6.07) is -0.846. The van der Waals surface area contributed by atoms with E-state index in [0.29, 0.717) is 6.61 Å². The Morgan fingerprint density at radius 3 is 2.83 bits per heavy atom. The van der Waals surface area contributed by atoms with Gasteiger partial charge < -0.3 is 20.9 Å². The summed E-state index contributed by atoms with van der Waals surface area (Å²) in [4.78, 5) is 11.0. The number of hydrogen-bond donors (Lipinski definition) is 3. The van der Waals surface area contributed by atoms with Gasteiger partial charge in [0.25, 0.3) is 0 Å². The predicted molar refractivity (Wildman–Crippen MR) is 42.4 cm³/mol. The van der Waals surface area contributed by atoms with Gasteiger partial charge in [-0.3, -0.25) is 4.79 Å². The van der Waals surface area contributed by atoms with E-state index in [9.17, 15) is 9.90 Å². The second-order valence-electron chi connectivity index (χ2n) is 3.01. The zero-order valence-electron chi connectivity index (χ0n) is 6.99. The second kappa shape index (κ2) is 3.84. The first-order valence-electron chi connectivity index (χ1n) is 3.93. The van der Waals surface area contributed by atoms with Crippen molar-refractivity contribution in [2.45, 2.75) is 25.1 Å². The monoisotopic (exact) mass is 174 g/mol. The number of nitrogens with two attached hydrogens (primary N) is 1. The lowest BCUT2D eigenvalue weighted by atomic mass is 10.2. The highest BCUT2D eigenvalue weighted by molar-refractivity contribution is 5.81. The fourth-order valence-corrected chi connectivity index (χ4v) is 0.995. The number of aliphatic hydroxyl groups excluding tert-OH is 1. The minimum atomic E-state index is -0.604. The Balaban J connectivity index is 2.35. The van der Waals surface area contributed by atoms with Gasteiger partial charge in [0.2, 0.25) is 5.91 Å². The van der Waals surface area contributed by atoms with Gasteiger partial charge in [0.1, 0.15) is 0 Å². The standard InChI is InChI=1S/C7H14N2O3/c1-4(8)7(11)9-5-2-12-3-6(5)10/h4-6,10H,2-3,8H2,1H3,(H,9,11)/t4-,5?,6?/m0/s1. The van der Waals surface area contributed by atoms with E-state index < -0.39 is 12.1 Å². The van der Waals surface area contributed by atoms with Crippen LogP contribution in [0, 0.1) is 0 Å². The highest BCUT2D eigenvalue weighted by Gasteiger charge is 2.27. The van der Waals surface area contributed by atoms with Crippen LogP contribution in [0.5, 0.6) is 0 Å². The summed E-state index contributed by atoms with van der Waals surface area (Å²) in [5, 5.41) is 11.8. The molecule has 1 fully saturated rings. The summed E-state index contributed by atoms with van der Waals surface area (Å²) in [5.74, 6) is -0.260. The van der Waals surface area contributed by atoms with Crippen LogP contribution in [0.3, 0.4) is 0 Å². The average molecular weight is 174 g/mol. The molecule has 1 heterocycles. The minimum Gasteiger partial charge on any atom is -0.388 e. The van der Waals surface area contributed by atoms with Gasteiger partial charge in [0, 0.05) is 0 Å². The molecular weight excluding hydrogens is 160 g/mol. The quantitative estimate of drug-likeness (QED) is 0.461. The lowest BCUT2D eigenvalue weighted by Gasteiger charge is -2.15. The van der Waals surface area contributed by atoms with Crippen LogP contribution in [0.4, 0.5) is 0 Å². The zero-order chi connectivity index (χ0) is 9.14. The third-order valence-corrected chi connectivity index (χ3v) is 1.79. The Hall–Kier alpha value is -0.650. The lowest BCUT2D eigenvalue weighted by molar-refractivity contribution is -0.123. The molecule has 5 nitrogen and oxygen atoms in total. The summed E-state index contributed by atoms with van der Waals surface area (Å²) < 4.78 is 4.94. The molecule has 12 heavy (non-hydrogen) atoms. The summed E-state index contributed by atoms with van der Waals surface area (Å²) in [6.07, 6.45) is -0.604. The van der Waals surface area contributed by atoms with Crippen molar-refractivity contribution < 1.29 is 14.6 Å². The van der Waals surface area contributed by atoms with Crippen LogP contribution in [-0.4, -0.2) is 42.4 Å². The minimum absolute atomic E-state index is 0.260. The first-order valence-corrected chi connectivity index (χ1v) is 3.93. The number of amides is 1. The fourth-order valence-electron chi connectivity index (χ4n) is 0.995. The lowest BCUT2D eigenvalue weighted by Crippen LogP contribution is -2.48. The predicted octanol–water partition coefficient (Wildman–Crippen LogP) is -1.79. The molecule has 70 valence electrons. The van der Waals surface area contributed by atoms with Crippen molar-refractivity contribution in [3.63, 3.8) is 0 Å². The molecule has 0 spiro atoms. The first kappa shape index (κ1) is 9.44. The molecule has 0 bridgehead atoms. The van der Waals surface area contributed by atoms with Crippen LogP contribution in [-0.2, 0) is 9.53 Å². The molecule has 1 saturated heterocycles. The molecule has 5 heteroatoms. The van der Waals surface area contributed by atoms with Crippen LogP contribution in [0.25, 0.3) is 0 Å². The highest BCUT2D eigenvalue weighted by Crippen LogP contribution is 2.04. The number of nitrogens with one attached hydrogen (secondary N) is 1. The van der Waals surface area contributed by atoms with Gasteiger partial charge in [0.15, 0.2) is 0 Å². The number of hydrogen-bond acceptors (Lipinski definition) is 4. The summed E-state index contributed by atoms with van der Waals surface area (Å²) >= 11 is 0. The summed E-state index contributed by atoms with van der Waals surface area (Å²) in [6.45, 7) is 2.24. The maximum atomic E-state index is 11.0. The van der Waals surface area contributed by atoms with Crippen molar-refractivity contribution in [3.8, 4) is 0 Å². The third kappa shape index (κ3) is 2.17. The van der Waals surface area contributed by atoms with Gasteiger partial charge >= 0.3 is 0 Å². The molecule has 1 aliphatic heterocycles. The van der Waals surface area contributed by atoms with E-state index in [1.54, 1.807) is 6.92 Å². The van der Waals surface area contributed by atoms with Gasteiger partial charge in [-0.05, 0) is 6.92 Å². The molecule has 0 aromatic carbocycles. The van der Waals surface area contributed by atoms with Crippen LogP contribution in [0.1, 0.15) is 6.92 Å². The van der Waals surface area contributed by atoms with Gasteiger partial charge in [-0.2, -0.15) is 0 Å². The Bertz CT molecular complexity index is 172. The van der Waals surface area contributed by atoms with Gasteiger partial charge in [-0.15, -0.1) is 0 Å². The molecular formula is C7H14N2O3. The van der Waals surface area contributed by atoms with Crippen LogP contribution < -0.4 is 11.1 Å². The Labute approximate surface area is 70.9 Å². The van der Waals surface area contributed by atoms with E-state index in [-0.39, 0.29) is 18.6 Å². The van der Waals surface area contributed by atoms with Crippen molar-refractivity contribution >= 4 is 5.91 Å². The number of carbonyl (C=O) groups is 1. The molecule has 4 N–H and O–H groups in total. The topological polar surface area (TPSA) is 84.6 Å². The molecule has 2 unspecified atom stereocenters. The van der Waals surface area contributed by atoms with E-state index >= 15 is 0 Å². The Morgan fingerprint density at radius 2 is 2.42 bits per heavy atom. The summed E-state index contributed by atoms with van der Waals surface area (Å²) in [7, 11) is 0. The summed E-state index contributed by atoms with van der Waals surface area (Å²) in [5.41, 5.74) is 5.32. The maximum absolute atomic E-state index is 11.0. The van der Waals surface area contributed by atoms with Crippen LogP contribution >= 0.6 is 0 Å². The van der Waals surface area contributed by atoms with Crippen LogP contribution in [0.15, 0.2) is 0 Å². The van der Waals surface area contributed by atoms with Crippen molar-refractivity contribution in [2.24, 2.45) is 5.73 Å². The number of carbonyl (C=O) groups excluding carboxylic acids is 1. The van der Waals surface area contributed by atoms with Gasteiger partial charge in [0.05, 0.1) is 31.4 Å². The first-order chi connectivity index (χ1) is 5.61. The highest BCUT2D eigenvalue weighted by atomic mass is 16.5. The van der Waals surface area contributed by atoms with E-state index in [2.05, 4.69) is 5.32 Å². The molecule has 0 aromatic heterocycles. The Morgan fingerprint density at radius 1 is 1.75 bits per heavy atom. The smallest absolute Gasteiger partial charge is 0.237 e. The molecule has 1 aliphatic rings. The van der Waals surface area contributed by atoms with Crippen molar-refractivity contribution in [1.29, 1.82) is 0 Å². The number of rotatable bonds is 2. The van der Waals surface area contributed by atoms with E-state index in [0.717, 1.165) is 0 Å². The van der Waals surface area contributed by atoms with E-state index in [1.807, 2.05) is 0 Å². The van der Waals surface area contributed by atoms with Crippen LogP contribution in [0.2, 0.25) is 0 Å². The molecule has 1 amide bonds. The molecule has 0 aromatic rings. The zero-order valence-corrected chi connectivity index (χ0v) is 6.99. The van der Waals surface area contributed by atoms with E-state index in [1.165, 1.54) is 0 Å². The fraction of sp³-hybridized carbons (Fsp3) is 0.857. The van der Waals surface area contributed by atoms with E-state index in [4.69, 9.17) is 10.5 Å². The van der Waals surface area contributed by atoms with Gasteiger partial charge in [-0.1, -0.05) is 0 Å². The number of aliphatic hydroxyl groups is 1. The molecule has 0 radical (unpaired) electrons. The molecule has 0 saturated carbocycles. The molecule has 0 aliphatic carbocycles. The van der Waals surface area contributed by atoms with Crippen molar-refractivity contribution in [2.75, 3.05) is 13.2 Å². The average Bonchev–Trinajstić information content (AvgIpc) is 2.36. The number of ether oxygens (including phenoxy) is 1. The van der Waals surface area contributed by atoms with Crippen molar-refractivity contribution in [3.05, 3.63) is 0 Å². The maximum Gasteiger partial charge on any atom is 0.237 e. The second-order valence-corrected chi connectivity index (χ2v) is 3.01. The normalized spacial score (nSPS) is 31.6. The largest absolute Gasteiger partial charge is 0.388 e. The third-order valence-electron chi connectivity index (χ3n) is 1.79. The van der Waals surface area contributed by atoms with Crippen molar-refractivity contribution in [1.82, 2.24) is 5.32 Å². The Kier molecular flexibility index (Phi) is 3.02.